The summed E-state index contributed by atoms with van der Waals surface area (Å²) < 4.78 is 10.9. The molecule has 0 bridgehead atoms. The SMILES string of the molecule is COc1ccccc1C(=O)N1C[C@@H](C)OCC1(C)C. The first-order chi connectivity index (χ1) is 8.95. The highest BCUT2D eigenvalue weighted by atomic mass is 16.5. The van der Waals surface area contributed by atoms with Crippen LogP contribution in [0, 0.1) is 0 Å². The van der Waals surface area contributed by atoms with Crippen molar-refractivity contribution >= 4 is 5.91 Å². The number of carbonyl (C=O) groups excluding carboxylic acids is 1. The van der Waals surface area contributed by atoms with Crippen molar-refractivity contribution in [1.29, 1.82) is 0 Å². The maximum Gasteiger partial charge on any atom is 0.258 e. The number of benzene rings is 1. The Morgan fingerprint density at radius 1 is 1.42 bits per heavy atom. The van der Waals surface area contributed by atoms with Crippen molar-refractivity contribution in [3.05, 3.63) is 29.8 Å². The molecule has 1 aromatic rings. The Balaban J connectivity index is 2.31. The van der Waals surface area contributed by atoms with Gasteiger partial charge in [0.1, 0.15) is 5.75 Å². The number of methoxy groups -OCH3 is 1. The molecule has 0 radical (unpaired) electrons. The number of carbonyl (C=O) groups is 1. The quantitative estimate of drug-likeness (QED) is 0.822. The molecule has 4 nitrogen and oxygen atoms in total. The lowest BCUT2D eigenvalue weighted by atomic mass is 9.99. The molecule has 104 valence electrons. The fourth-order valence-electron chi connectivity index (χ4n) is 2.31. The number of morpholine rings is 1. The Morgan fingerprint density at radius 2 is 2.11 bits per heavy atom. The summed E-state index contributed by atoms with van der Waals surface area (Å²) in [7, 11) is 1.58. The molecule has 0 aliphatic carbocycles. The highest BCUT2D eigenvalue weighted by Gasteiger charge is 2.37. The molecule has 0 aromatic heterocycles. The number of para-hydroxylation sites is 1. The van der Waals surface area contributed by atoms with Crippen molar-refractivity contribution in [3.63, 3.8) is 0 Å². The minimum Gasteiger partial charge on any atom is -0.496 e. The second-order valence-electron chi connectivity index (χ2n) is 5.55. The zero-order chi connectivity index (χ0) is 14.0. The third-order valence-electron chi connectivity index (χ3n) is 3.47. The Kier molecular flexibility index (Phi) is 3.80. The van der Waals surface area contributed by atoms with Crippen LogP contribution in [-0.2, 0) is 4.74 Å². The molecule has 4 heteroatoms. The van der Waals surface area contributed by atoms with Crippen LogP contribution in [0.2, 0.25) is 0 Å². The highest BCUT2D eigenvalue weighted by molar-refractivity contribution is 5.97. The van der Waals surface area contributed by atoms with Crippen molar-refractivity contribution in [3.8, 4) is 5.75 Å². The molecule has 0 saturated carbocycles. The first-order valence-corrected chi connectivity index (χ1v) is 6.52. The Labute approximate surface area is 114 Å². The Bertz CT molecular complexity index is 470. The van der Waals surface area contributed by atoms with Crippen LogP contribution in [0.1, 0.15) is 31.1 Å². The summed E-state index contributed by atoms with van der Waals surface area (Å²) in [4.78, 5) is 14.6. The molecule has 2 rings (SSSR count). The van der Waals surface area contributed by atoms with Crippen molar-refractivity contribution in [1.82, 2.24) is 4.90 Å². The van der Waals surface area contributed by atoms with Gasteiger partial charge in [0.05, 0.1) is 30.9 Å². The third-order valence-corrected chi connectivity index (χ3v) is 3.47. The van der Waals surface area contributed by atoms with E-state index < -0.39 is 0 Å². The number of nitrogens with zero attached hydrogens (tertiary/aromatic N) is 1. The number of amides is 1. The van der Waals surface area contributed by atoms with E-state index in [-0.39, 0.29) is 17.6 Å². The number of ether oxygens (including phenoxy) is 2. The minimum atomic E-state index is -0.301. The molecular weight excluding hydrogens is 242 g/mol. The maximum atomic E-state index is 12.7. The maximum absolute atomic E-state index is 12.7. The molecule has 19 heavy (non-hydrogen) atoms. The third kappa shape index (κ3) is 2.73. The van der Waals surface area contributed by atoms with Gasteiger partial charge in [0.2, 0.25) is 0 Å². The predicted molar refractivity (Wildman–Crippen MR) is 73.5 cm³/mol. The molecule has 1 aliphatic heterocycles. The average molecular weight is 263 g/mol. The monoisotopic (exact) mass is 263 g/mol. The summed E-state index contributed by atoms with van der Waals surface area (Å²) in [6, 6.07) is 7.33. The first-order valence-electron chi connectivity index (χ1n) is 6.52. The molecule has 0 N–H and O–H groups in total. The fraction of sp³-hybridized carbons (Fsp3) is 0.533. The second-order valence-corrected chi connectivity index (χ2v) is 5.55. The number of rotatable bonds is 2. The summed E-state index contributed by atoms with van der Waals surface area (Å²) in [5.74, 6) is 0.611. The van der Waals surface area contributed by atoms with Crippen LogP contribution in [-0.4, -0.2) is 42.7 Å². The standard InChI is InChI=1S/C15H21NO3/c1-11-9-16(15(2,3)10-19-11)14(17)12-7-5-6-8-13(12)18-4/h5-8,11H,9-10H2,1-4H3/t11-/m1/s1. The zero-order valence-corrected chi connectivity index (χ0v) is 12.0. The largest absolute Gasteiger partial charge is 0.496 e. The van der Waals surface area contributed by atoms with Gasteiger partial charge in [-0.25, -0.2) is 0 Å². The molecule has 0 spiro atoms. The van der Waals surface area contributed by atoms with Crippen molar-refractivity contribution in [2.24, 2.45) is 0 Å². The lowest BCUT2D eigenvalue weighted by Gasteiger charge is -2.44. The van der Waals surface area contributed by atoms with E-state index in [1.54, 1.807) is 13.2 Å². The highest BCUT2D eigenvalue weighted by Crippen LogP contribution is 2.27. The van der Waals surface area contributed by atoms with E-state index in [1.807, 2.05) is 43.9 Å². The summed E-state index contributed by atoms with van der Waals surface area (Å²) in [6.45, 7) is 7.18. The van der Waals surface area contributed by atoms with Crippen LogP contribution in [0.4, 0.5) is 0 Å². The lowest BCUT2D eigenvalue weighted by Crippen LogP contribution is -2.57. The van der Waals surface area contributed by atoms with Gasteiger partial charge in [0, 0.05) is 6.54 Å². The molecule has 1 saturated heterocycles. The van der Waals surface area contributed by atoms with E-state index in [2.05, 4.69) is 0 Å². The van der Waals surface area contributed by atoms with E-state index in [4.69, 9.17) is 9.47 Å². The van der Waals surface area contributed by atoms with E-state index in [0.29, 0.717) is 24.5 Å². The van der Waals surface area contributed by atoms with Crippen molar-refractivity contribution in [2.75, 3.05) is 20.3 Å². The van der Waals surface area contributed by atoms with Crippen LogP contribution < -0.4 is 4.74 Å². The van der Waals surface area contributed by atoms with E-state index in [1.165, 1.54) is 0 Å². The molecule has 1 amide bonds. The van der Waals surface area contributed by atoms with Crippen LogP contribution in [0.3, 0.4) is 0 Å². The topological polar surface area (TPSA) is 38.8 Å². The molecular formula is C15H21NO3. The lowest BCUT2D eigenvalue weighted by molar-refractivity contribution is -0.0756. The van der Waals surface area contributed by atoms with Crippen LogP contribution in [0.15, 0.2) is 24.3 Å². The van der Waals surface area contributed by atoms with Crippen LogP contribution >= 0.6 is 0 Å². The molecule has 1 atom stereocenters. The summed E-state index contributed by atoms with van der Waals surface area (Å²) in [6.07, 6.45) is 0.0617. The summed E-state index contributed by atoms with van der Waals surface area (Å²) in [5.41, 5.74) is 0.303. The van der Waals surface area contributed by atoms with Gasteiger partial charge in [-0.05, 0) is 32.9 Å². The Hall–Kier alpha value is -1.55. The van der Waals surface area contributed by atoms with Crippen molar-refractivity contribution < 1.29 is 14.3 Å². The van der Waals surface area contributed by atoms with Crippen molar-refractivity contribution in [2.45, 2.75) is 32.4 Å². The smallest absolute Gasteiger partial charge is 0.258 e. The number of hydrogen-bond donors (Lipinski definition) is 0. The van der Waals surface area contributed by atoms with E-state index >= 15 is 0 Å². The van der Waals surface area contributed by atoms with Crippen LogP contribution in [0.25, 0.3) is 0 Å². The van der Waals surface area contributed by atoms with Gasteiger partial charge in [-0.1, -0.05) is 12.1 Å². The molecule has 0 unspecified atom stereocenters. The van der Waals surface area contributed by atoms with Gasteiger partial charge in [-0.15, -0.1) is 0 Å². The number of hydrogen-bond acceptors (Lipinski definition) is 3. The van der Waals surface area contributed by atoms with Gasteiger partial charge >= 0.3 is 0 Å². The zero-order valence-electron chi connectivity index (χ0n) is 12.0. The van der Waals surface area contributed by atoms with E-state index in [9.17, 15) is 4.79 Å². The predicted octanol–water partition coefficient (Wildman–Crippen LogP) is 2.33. The summed E-state index contributed by atoms with van der Waals surface area (Å²) >= 11 is 0. The fourth-order valence-corrected chi connectivity index (χ4v) is 2.31. The van der Waals surface area contributed by atoms with Gasteiger partial charge in [-0.3, -0.25) is 4.79 Å². The second kappa shape index (κ2) is 5.21. The normalized spacial score (nSPS) is 22.1. The van der Waals surface area contributed by atoms with Gasteiger partial charge in [0.15, 0.2) is 0 Å². The molecule has 1 heterocycles. The first kappa shape index (κ1) is 13.9. The average Bonchev–Trinajstić information content (AvgIpc) is 2.40. The van der Waals surface area contributed by atoms with Crippen LogP contribution in [0.5, 0.6) is 5.75 Å². The van der Waals surface area contributed by atoms with Gasteiger partial charge < -0.3 is 14.4 Å². The summed E-state index contributed by atoms with van der Waals surface area (Å²) in [5, 5.41) is 0. The van der Waals surface area contributed by atoms with Gasteiger partial charge in [-0.2, -0.15) is 0 Å². The van der Waals surface area contributed by atoms with E-state index in [0.717, 1.165) is 0 Å². The molecule has 1 aromatic carbocycles. The van der Waals surface area contributed by atoms with Gasteiger partial charge in [0.25, 0.3) is 5.91 Å². The minimum absolute atomic E-state index is 0.00222. The molecule has 1 fully saturated rings. The Morgan fingerprint density at radius 3 is 2.79 bits per heavy atom. The molecule has 1 aliphatic rings.